The molecule has 1 heterocycles. The number of hydrogen-bond donors (Lipinski definition) is 1. The van der Waals surface area contributed by atoms with Gasteiger partial charge in [-0.05, 0) is 28.7 Å². The van der Waals surface area contributed by atoms with Crippen molar-refractivity contribution in [3.8, 4) is 0 Å². The molecule has 6 nitrogen and oxygen atoms in total. The zero-order valence-corrected chi connectivity index (χ0v) is 12.2. The molecule has 1 N–H and O–H groups in total. The quantitative estimate of drug-likeness (QED) is 0.792. The first-order valence-electron chi connectivity index (χ1n) is 7.11. The molecule has 1 unspecified atom stereocenters. The summed E-state index contributed by atoms with van der Waals surface area (Å²) in [6.07, 6.45) is 4.99. The molecular formula is C13H25N5O. The SMILES string of the molecule is COCCNCc1nnnn1C1CCCCC1(C)C. The minimum absolute atomic E-state index is 0.273. The molecule has 2 rings (SSSR count). The van der Waals surface area contributed by atoms with E-state index in [1.165, 1.54) is 25.7 Å². The fourth-order valence-electron chi connectivity index (χ4n) is 2.87. The molecule has 19 heavy (non-hydrogen) atoms. The zero-order chi connectivity index (χ0) is 13.7. The van der Waals surface area contributed by atoms with Crippen molar-refractivity contribution in [1.82, 2.24) is 25.5 Å². The highest BCUT2D eigenvalue weighted by molar-refractivity contribution is 4.92. The topological polar surface area (TPSA) is 64.9 Å². The maximum absolute atomic E-state index is 5.02. The lowest BCUT2D eigenvalue weighted by Gasteiger charge is -2.38. The molecule has 0 aromatic carbocycles. The normalized spacial score (nSPS) is 22.6. The van der Waals surface area contributed by atoms with E-state index in [9.17, 15) is 0 Å². The van der Waals surface area contributed by atoms with E-state index in [-0.39, 0.29) is 5.41 Å². The molecule has 1 aliphatic rings. The van der Waals surface area contributed by atoms with Gasteiger partial charge >= 0.3 is 0 Å². The van der Waals surface area contributed by atoms with Gasteiger partial charge in [-0.15, -0.1) is 5.10 Å². The molecule has 0 amide bonds. The number of methoxy groups -OCH3 is 1. The van der Waals surface area contributed by atoms with Crippen LogP contribution in [0.3, 0.4) is 0 Å². The summed E-state index contributed by atoms with van der Waals surface area (Å²) in [5.74, 6) is 0.927. The van der Waals surface area contributed by atoms with E-state index in [4.69, 9.17) is 4.74 Å². The van der Waals surface area contributed by atoms with Gasteiger partial charge in [-0.25, -0.2) is 4.68 Å². The second-order valence-electron chi connectivity index (χ2n) is 5.96. The Kier molecular flexibility index (Phi) is 4.87. The lowest BCUT2D eigenvalue weighted by Crippen LogP contribution is -2.33. The van der Waals surface area contributed by atoms with E-state index >= 15 is 0 Å². The average molecular weight is 267 g/mol. The molecule has 1 aromatic rings. The van der Waals surface area contributed by atoms with Crippen LogP contribution in [0.15, 0.2) is 0 Å². The van der Waals surface area contributed by atoms with Gasteiger partial charge in [-0.3, -0.25) is 0 Å². The first kappa shape index (κ1) is 14.4. The van der Waals surface area contributed by atoms with Gasteiger partial charge < -0.3 is 10.1 Å². The van der Waals surface area contributed by atoms with E-state index < -0.39 is 0 Å². The standard InChI is InChI=1S/C13H25N5O/c1-13(2)7-5-4-6-11(13)18-12(15-16-17-18)10-14-8-9-19-3/h11,14H,4-10H2,1-3H3. The van der Waals surface area contributed by atoms with Crippen molar-refractivity contribution in [3.63, 3.8) is 0 Å². The monoisotopic (exact) mass is 267 g/mol. The number of hydrogen-bond acceptors (Lipinski definition) is 5. The van der Waals surface area contributed by atoms with Crippen LogP contribution in [0.25, 0.3) is 0 Å². The lowest BCUT2D eigenvalue weighted by molar-refractivity contribution is 0.127. The minimum atomic E-state index is 0.273. The maximum atomic E-state index is 5.02. The molecule has 1 fully saturated rings. The molecule has 6 heteroatoms. The van der Waals surface area contributed by atoms with Gasteiger partial charge in [-0.2, -0.15) is 0 Å². The highest BCUT2D eigenvalue weighted by Gasteiger charge is 2.35. The van der Waals surface area contributed by atoms with E-state index in [2.05, 4.69) is 34.7 Å². The summed E-state index contributed by atoms with van der Waals surface area (Å²) in [4.78, 5) is 0. The van der Waals surface area contributed by atoms with Crippen molar-refractivity contribution in [2.75, 3.05) is 20.3 Å². The highest BCUT2D eigenvalue weighted by Crippen LogP contribution is 2.43. The van der Waals surface area contributed by atoms with Gasteiger partial charge in [0.1, 0.15) is 0 Å². The molecule has 0 bridgehead atoms. The Morgan fingerprint density at radius 3 is 3.00 bits per heavy atom. The molecule has 0 aliphatic heterocycles. The van der Waals surface area contributed by atoms with E-state index in [1.54, 1.807) is 7.11 Å². The molecule has 0 spiro atoms. The lowest BCUT2D eigenvalue weighted by atomic mass is 9.73. The van der Waals surface area contributed by atoms with Crippen molar-refractivity contribution in [2.45, 2.75) is 52.1 Å². The highest BCUT2D eigenvalue weighted by atomic mass is 16.5. The largest absolute Gasteiger partial charge is 0.383 e. The second kappa shape index (κ2) is 6.43. The Hall–Kier alpha value is -1.01. The Balaban J connectivity index is 2.01. The van der Waals surface area contributed by atoms with Crippen LogP contribution < -0.4 is 5.32 Å². The maximum Gasteiger partial charge on any atom is 0.165 e. The van der Waals surface area contributed by atoms with Crippen LogP contribution in [-0.4, -0.2) is 40.5 Å². The molecular weight excluding hydrogens is 242 g/mol. The van der Waals surface area contributed by atoms with E-state index in [0.29, 0.717) is 19.2 Å². The average Bonchev–Trinajstić information content (AvgIpc) is 2.82. The minimum Gasteiger partial charge on any atom is -0.383 e. The summed E-state index contributed by atoms with van der Waals surface area (Å²) in [5, 5.41) is 15.5. The third-order valence-corrected chi connectivity index (χ3v) is 4.07. The number of tetrazole rings is 1. The van der Waals surface area contributed by atoms with Crippen LogP contribution in [0.4, 0.5) is 0 Å². The number of ether oxygens (including phenoxy) is 1. The molecule has 1 aliphatic carbocycles. The fourth-order valence-corrected chi connectivity index (χ4v) is 2.87. The summed E-state index contributed by atoms with van der Waals surface area (Å²) >= 11 is 0. The van der Waals surface area contributed by atoms with E-state index in [0.717, 1.165) is 12.4 Å². The Bertz CT molecular complexity index is 390. The second-order valence-corrected chi connectivity index (χ2v) is 5.96. The first-order valence-corrected chi connectivity index (χ1v) is 7.11. The fraction of sp³-hybridized carbons (Fsp3) is 0.923. The third-order valence-electron chi connectivity index (χ3n) is 4.07. The van der Waals surface area contributed by atoms with E-state index in [1.807, 2.05) is 4.68 Å². The van der Waals surface area contributed by atoms with Gasteiger partial charge in [0.25, 0.3) is 0 Å². The van der Waals surface area contributed by atoms with Crippen LogP contribution in [0, 0.1) is 5.41 Å². The van der Waals surface area contributed by atoms with Crippen LogP contribution in [0.1, 0.15) is 51.4 Å². The molecule has 1 atom stereocenters. The van der Waals surface area contributed by atoms with Gasteiger partial charge in [0.2, 0.25) is 0 Å². The smallest absolute Gasteiger partial charge is 0.165 e. The summed E-state index contributed by atoms with van der Waals surface area (Å²) in [5.41, 5.74) is 0.273. The van der Waals surface area contributed by atoms with Crippen molar-refractivity contribution in [2.24, 2.45) is 5.41 Å². The third kappa shape index (κ3) is 3.51. The van der Waals surface area contributed by atoms with Crippen molar-refractivity contribution >= 4 is 0 Å². The zero-order valence-electron chi connectivity index (χ0n) is 12.2. The predicted molar refractivity (Wildman–Crippen MR) is 72.7 cm³/mol. The predicted octanol–water partition coefficient (Wildman–Crippen LogP) is 1.55. The van der Waals surface area contributed by atoms with Crippen molar-refractivity contribution in [3.05, 3.63) is 5.82 Å². The number of rotatable bonds is 6. The summed E-state index contributed by atoms with van der Waals surface area (Å²) < 4.78 is 7.05. The number of nitrogens with one attached hydrogen (secondary N) is 1. The molecule has 0 saturated heterocycles. The molecule has 108 valence electrons. The molecule has 1 saturated carbocycles. The summed E-state index contributed by atoms with van der Waals surface area (Å²) in [6.45, 7) is 6.86. The summed E-state index contributed by atoms with van der Waals surface area (Å²) in [7, 11) is 1.70. The first-order chi connectivity index (χ1) is 9.15. The van der Waals surface area contributed by atoms with Crippen molar-refractivity contribution in [1.29, 1.82) is 0 Å². The van der Waals surface area contributed by atoms with Crippen LogP contribution in [0.2, 0.25) is 0 Å². The molecule has 1 aromatic heterocycles. The number of aromatic nitrogens is 4. The Labute approximate surface area is 114 Å². The summed E-state index contributed by atoms with van der Waals surface area (Å²) in [6, 6.07) is 0.412. The van der Waals surface area contributed by atoms with Gasteiger partial charge in [0, 0.05) is 13.7 Å². The number of nitrogens with zero attached hydrogens (tertiary/aromatic N) is 4. The van der Waals surface area contributed by atoms with Crippen LogP contribution in [0.5, 0.6) is 0 Å². The Morgan fingerprint density at radius 1 is 1.42 bits per heavy atom. The van der Waals surface area contributed by atoms with Crippen LogP contribution in [-0.2, 0) is 11.3 Å². The van der Waals surface area contributed by atoms with Crippen molar-refractivity contribution < 1.29 is 4.74 Å². The van der Waals surface area contributed by atoms with Gasteiger partial charge in [0.15, 0.2) is 5.82 Å². The van der Waals surface area contributed by atoms with Crippen LogP contribution >= 0.6 is 0 Å². The van der Waals surface area contributed by atoms with Gasteiger partial charge in [0.05, 0.1) is 19.2 Å². The van der Waals surface area contributed by atoms with Gasteiger partial charge in [-0.1, -0.05) is 26.7 Å². The Morgan fingerprint density at radius 2 is 2.26 bits per heavy atom. The molecule has 0 radical (unpaired) electrons.